The molecule has 0 spiro atoms. The smallest absolute Gasteiger partial charge is 0.0000124 e. The molecule has 0 saturated heterocycles. The molecule has 0 nitrogen and oxygen atoms in total. The summed E-state index contributed by atoms with van der Waals surface area (Å²) >= 11 is 0. The molecule has 0 heterocycles. The van der Waals surface area contributed by atoms with Gasteiger partial charge in [-0.25, -0.2) is 0 Å². The van der Waals surface area contributed by atoms with Crippen molar-refractivity contribution < 1.29 is 0 Å². The zero-order valence-electron chi connectivity index (χ0n) is 29.3. The van der Waals surface area contributed by atoms with Gasteiger partial charge in [-0.3, -0.25) is 0 Å². The fourth-order valence-corrected chi connectivity index (χ4v) is 820. The molecule has 0 radical (unpaired) electrons. The SMILES string of the molecule is PPP(P(P)P)P(P(P)P)P(P(P(P(P)P)P(P)P)P(P(P)P)P(P)P)P(P(P(P(P)P)P(P)P)P(P(P)P)P(P)P)P(P(P(P)P)P(P)P)P(P(P)P)P(P)P. The Labute approximate surface area is 448 Å². The summed E-state index contributed by atoms with van der Waals surface area (Å²) in [6, 6.07) is 0. The maximum Gasteiger partial charge on any atom is -0.0000124 e. The molecule has 0 aliphatic heterocycles. The Kier molecular flexibility index (Phi) is 64.2. The van der Waals surface area contributed by atoms with Crippen LogP contribution in [0.3, 0.4) is 0 Å². The van der Waals surface area contributed by atoms with Gasteiger partial charge in [0.05, 0.1) is 0 Å². The van der Waals surface area contributed by atoms with Crippen molar-refractivity contribution in [3.8, 4) is 0 Å². The lowest BCUT2D eigenvalue weighted by atomic mass is 28.4. The molecule has 0 amide bonds. The third-order valence-corrected chi connectivity index (χ3v) is 401. The quantitative estimate of drug-likeness (QED) is 0.0719. The van der Waals surface area contributed by atoms with Crippen molar-refractivity contribution in [1.29, 1.82) is 0 Å². The highest BCUT2D eigenvalue weighted by atomic mass is 33.6. The van der Waals surface area contributed by atoms with Crippen molar-refractivity contribution in [1.82, 2.24) is 0 Å². The lowest BCUT2D eigenvalue weighted by Gasteiger charge is -2.59. The van der Waals surface area contributed by atoms with Crippen LogP contribution in [0.2, 0.25) is 0 Å². The summed E-state index contributed by atoms with van der Waals surface area (Å²) in [6.45, 7) is -5.38. The fourth-order valence-electron chi connectivity index (χ4n) is 3.37. The largest absolute Gasteiger partial charge is 0.109 e. The molecule has 57 heavy (non-hydrogen) atoms. The second-order valence-corrected chi connectivity index (χ2v) is 242. The van der Waals surface area contributed by atoms with Crippen LogP contribution in [-0.4, -0.2) is 0 Å². The molecule has 0 bridgehead atoms. The van der Waals surface area contributed by atoms with Crippen molar-refractivity contribution in [2.45, 2.75) is 0 Å². The van der Waals surface area contributed by atoms with E-state index in [9.17, 15) is 0 Å². The standard InChI is InChI=1S/H59P57/c1-30-45(31(2)3)52(44(28)29)56(53(46(32(4)5)33(6)7)47(34(8)9)35(10)11)57(54(48(36(12)13)37(14)15)49(38(16)17)39(18)19)55(50(40(20)21)41(22)23)51(42(24)25)43(26)27/h30H,1-29H2. The van der Waals surface area contributed by atoms with Gasteiger partial charge in [-0.05, 0) is 189 Å². The van der Waals surface area contributed by atoms with Crippen LogP contribution in [0.5, 0.6) is 0 Å². The predicted octanol–water partition coefficient (Wildman–Crippen LogP) is 33.3. The lowest BCUT2D eigenvalue weighted by Crippen LogP contribution is -1.72. The molecule has 0 saturated carbocycles. The number of rotatable bonds is 27. The summed E-state index contributed by atoms with van der Waals surface area (Å²) in [6.07, 6.45) is 0. The number of hydrogen-bond donors (Lipinski definition) is 0. The van der Waals surface area contributed by atoms with E-state index in [4.69, 9.17) is 0 Å². The molecular weight excluding hydrogens is 1770 g/mol. The van der Waals surface area contributed by atoms with E-state index in [0.717, 1.165) is 7.96 Å². The van der Waals surface area contributed by atoms with Gasteiger partial charge in [-0.1, -0.05) is 7.96 Å². The molecule has 0 aromatic carbocycles. The average Bonchev–Trinajstić information content (AvgIpc) is 2.99. The number of hydrogen-bond acceptors (Lipinski definition) is 0. The molecule has 0 aliphatic rings. The lowest BCUT2D eigenvalue weighted by molar-refractivity contribution is 4.34. The van der Waals surface area contributed by atoms with Crippen LogP contribution in [-0.2, 0) is 0 Å². The van der Waals surface area contributed by atoms with Crippen molar-refractivity contribution in [2.24, 2.45) is 0 Å². The fraction of sp³-hybridized carbons (Fsp3) is 0. The van der Waals surface area contributed by atoms with E-state index in [1.165, 1.54) is 0 Å². The minimum atomic E-state index is -0.247. The van der Waals surface area contributed by atoms with Gasteiger partial charge in [0.1, 0.15) is 0 Å². The molecule has 57 heteroatoms. The summed E-state index contributed by atoms with van der Waals surface area (Å²) in [7, 11) is 103. The van der Waals surface area contributed by atoms with Gasteiger partial charge < -0.3 is 0 Å². The third-order valence-electron chi connectivity index (χ3n) is 4.95. The van der Waals surface area contributed by atoms with Crippen LogP contribution in [0.25, 0.3) is 0 Å². The van der Waals surface area contributed by atoms with E-state index in [0.29, 0.717) is 0 Å². The van der Waals surface area contributed by atoms with Gasteiger partial charge >= 0.3 is 0 Å². The Balaban J connectivity index is 10.3. The van der Waals surface area contributed by atoms with E-state index in [1.807, 2.05) is 0 Å². The molecule has 0 N–H and O–H groups in total. The zero-order chi connectivity index (χ0) is 45.3. The van der Waals surface area contributed by atoms with Crippen molar-refractivity contribution in [2.75, 3.05) is 0 Å². The first-order valence-electron chi connectivity index (χ1n) is 12.9. The van der Waals surface area contributed by atoms with Crippen LogP contribution in [0, 0.1) is 0 Å². The highest BCUT2D eigenvalue weighted by Gasteiger charge is 2.60. The van der Waals surface area contributed by atoms with Gasteiger partial charge in [-0.2, -0.15) is 0 Å². The first-order chi connectivity index (χ1) is 25.9. The molecule has 0 aromatic rings. The first-order valence-corrected chi connectivity index (χ1v) is 116. The Morgan fingerprint density at radius 2 is 0.281 bits per heavy atom. The average molecular weight is 1820 g/mol. The summed E-state index contributed by atoms with van der Waals surface area (Å²) < 4.78 is 0. The van der Waals surface area contributed by atoms with E-state index in [-0.39, 0.29) is 189 Å². The van der Waals surface area contributed by atoms with E-state index < -0.39 is 0 Å². The van der Waals surface area contributed by atoms with Gasteiger partial charge in [0, 0.05) is 0 Å². The minimum absolute atomic E-state index is 0.102. The van der Waals surface area contributed by atoms with E-state index in [2.05, 4.69) is 259 Å². The topological polar surface area (TPSA) is 0 Å². The summed E-state index contributed by atoms with van der Waals surface area (Å²) in [5.41, 5.74) is 0. The molecule has 0 rings (SSSR count). The van der Waals surface area contributed by atoms with E-state index >= 15 is 0 Å². The van der Waals surface area contributed by atoms with Gasteiger partial charge in [0.2, 0.25) is 0 Å². The zero-order valence-corrected chi connectivity index (χ0v) is 88.0. The summed E-state index contributed by atoms with van der Waals surface area (Å²) in [5, 5.41) is 0. The molecule has 33 atom stereocenters. The molecule has 344 valence electrons. The Morgan fingerprint density at radius 1 is 0.158 bits per heavy atom. The first kappa shape index (κ1) is 81.5. The molecule has 0 fully saturated rings. The highest BCUT2D eigenvalue weighted by Crippen LogP contribution is 3.47. The van der Waals surface area contributed by atoms with Crippen molar-refractivity contribution in [3.05, 3.63) is 0 Å². The monoisotopic (exact) mass is 1820 g/mol. The molecule has 0 aliphatic carbocycles. The summed E-state index contributed by atoms with van der Waals surface area (Å²) in [5.74, 6) is 0. The normalized spacial score (nSPS) is 16.2. The van der Waals surface area contributed by atoms with Crippen LogP contribution in [0.4, 0.5) is 0 Å². The molecular formula is H59P57. The molecule has 33 unspecified atom stereocenters. The second-order valence-electron chi connectivity index (χ2n) is 8.96. The van der Waals surface area contributed by atoms with Crippen LogP contribution in [0.1, 0.15) is 0 Å². The van der Waals surface area contributed by atoms with E-state index in [1.54, 1.807) is 0 Å². The van der Waals surface area contributed by atoms with Gasteiger partial charge in [-0.15, -0.1) is 259 Å². The van der Waals surface area contributed by atoms with Gasteiger partial charge in [0.15, 0.2) is 0 Å². The highest BCUT2D eigenvalue weighted by molar-refractivity contribution is 9.53. The van der Waals surface area contributed by atoms with Crippen molar-refractivity contribution >= 4 is 456 Å². The maximum absolute atomic E-state index is 3.64. The Bertz CT molecular complexity index is 863. The predicted molar refractivity (Wildman–Crippen MR) is 477 cm³/mol. The maximum atomic E-state index is 3.64. The van der Waals surface area contributed by atoms with Crippen molar-refractivity contribution in [3.63, 3.8) is 0 Å². The van der Waals surface area contributed by atoms with Crippen LogP contribution >= 0.6 is 456 Å². The molecule has 0 aromatic heterocycles. The van der Waals surface area contributed by atoms with Crippen LogP contribution < -0.4 is 0 Å². The summed E-state index contributed by atoms with van der Waals surface area (Å²) in [4.78, 5) is 0. The Morgan fingerprint density at radius 3 is 0.386 bits per heavy atom. The third kappa shape index (κ3) is 29.1. The Hall–Kier alpha value is 24.5. The van der Waals surface area contributed by atoms with Crippen LogP contribution in [0.15, 0.2) is 0 Å². The minimum Gasteiger partial charge on any atom is -0.109 e. The second kappa shape index (κ2) is 44.9. The van der Waals surface area contributed by atoms with Gasteiger partial charge in [0.25, 0.3) is 0 Å².